The van der Waals surface area contributed by atoms with E-state index in [-0.39, 0.29) is 50.3 Å². The van der Waals surface area contributed by atoms with E-state index in [4.69, 9.17) is 4.74 Å². The number of pyridine rings is 1. The molecule has 1 radical (unpaired) electrons. The Morgan fingerprint density at radius 3 is 2.58 bits per heavy atom. The van der Waals surface area contributed by atoms with Gasteiger partial charge in [-0.1, -0.05) is 0 Å². The fourth-order valence-electron chi connectivity index (χ4n) is 1.72. The van der Waals surface area contributed by atoms with Gasteiger partial charge < -0.3 is 9.72 Å². The zero-order chi connectivity index (χ0) is 13.3. The molecule has 0 amide bonds. The molecule has 1 aromatic heterocycles. The molecular weight excluding hydrogens is 319 g/mol. The zero-order valence-corrected chi connectivity index (χ0v) is 13.5. The first-order valence-electron chi connectivity index (χ1n) is 5.55. The molecule has 0 saturated carbocycles. The Morgan fingerprint density at radius 1 is 1.32 bits per heavy atom. The van der Waals surface area contributed by atoms with Crippen LogP contribution in [0.3, 0.4) is 0 Å². The molecule has 1 N–H and O–H groups in total. The van der Waals surface area contributed by atoms with Crippen LogP contribution in [0.2, 0.25) is 0 Å². The van der Waals surface area contributed by atoms with E-state index in [9.17, 15) is 9.59 Å². The maximum Gasteiger partial charge on any atom is 0.343 e. The summed E-state index contributed by atoms with van der Waals surface area (Å²) in [6.07, 6.45) is 1.37. The summed E-state index contributed by atoms with van der Waals surface area (Å²) in [6, 6.07) is 3.35. The number of esters is 1. The average molecular weight is 332 g/mol. The molecule has 4 nitrogen and oxygen atoms in total. The number of nitrogens with one attached hydrogen (secondary N) is 1. The van der Waals surface area contributed by atoms with Crippen molar-refractivity contribution >= 4 is 16.9 Å². The van der Waals surface area contributed by atoms with Gasteiger partial charge in [-0.25, -0.2) is 10.9 Å². The van der Waals surface area contributed by atoms with Crippen LogP contribution in [0.4, 0.5) is 0 Å². The summed E-state index contributed by atoms with van der Waals surface area (Å²) >= 11 is 0. The molecule has 0 fully saturated rings. The van der Waals surface area contributed by atoms with Crippen LogP contribution in [0.1, 0.15) is 28.4 Å². The van der Waals surface area contributed by atoms with Crippen molar-refractivity contribution in [3.63, 3.8) is 0 Å². The van der Waals surface area contributed by atoms with Gasteiger partial charge in [0, 0.05) is 38.9 Å². The van der Waals surface area contributed by atoms with Gasteiger partial charge in [0.05, 0.1) is 6.61 Å². The van der Waals surface area contributed by atoms with Crippen LogP contribution in [0, 0.1) is 13.8 Å². The number of aromatic amines is 1. The summed E-state index contributed by atoms with van der Waals surface area (Å²) in [7, 11) is 0. The Balaban J connectivity index is 0.00000180. The number of hydrogen-bond acceptors (Lipinski definition) is 3. The van der Waals surface area contributed by atoms with Crippen LogP contribution in [0.25, 0.3) is 10.9 Å². The van der Waals surface area contributed by atoms with Crippen molar-refractivity contribution < 1.29 is 42.2 Å². The van der Waals surface area contributed by atoms with Crippen molar-refractivity contribution in [2.45, 2.75) is 6.92 Å². The summed E-state index contributed by atoms with van der Waals surface area (Å²) in [5.41, 5.74) is 1.68. The molecule has 0 spiro atoms. The van der Waals surface area contributed by atoms with Crippen LogP contribution >= 0.6 is 0 Å². The molecule has 0 aliphatic carbocycles. The largest absolute Gasteiger partial charge is 0.462 e. The molecule has 1 aromatic carbocycles. The second-order valence-electron chi connectivity index (χ2n) is 3.92. The number of carbonyl (C=O) groups excluding carboxylic acids is 1. The number of aromatic nitrogens is 1. The fourth-order valence-corrected chi connectivity index (χ4v) is 1.72. The minimum Gasteiger partial charge on any atom is -0.462 e. The van der Waals surface area contributed by atoms with Crippen LogP contribution in [-0.4, -0.2) is 17.6 Å². The zero-order valence-electron chi connectivity index (χ0n) is 10.7. The Labute approximate surface area is 136 Å². The average Bonchev–Trinajstić information content (AvgIpc) is 2.32. The molecule has 2 rings (SSSR count). The number of carbonyl (C=O) groups is 1. The number of ether oxygens (including phenoxy) is 1. The minimum absolute atomic E-state index is 0. The standard InChI is InChI=1S/C14H13NO3.Y/c1-4-18-14(17)11-7-15-12-6-9(3)8(2)5-10(12)13(11)16;/h5-7H,2-4H2,1H3,(H,15,16);/q-2;. The van der Waals surface area contributed by atoms with E-state index in [1.54, 1.807) is 19.1 Å². The maximum absolute atomic E-state index is 12.1. The second kappa shape index (κ2) is 6.26. The van der Waals surface area contributed by atoms with E-state index in [1.807, 2.05) is 0 Å². The molecule has 0 atom stereocenters. The SMILES string of the molecule is [CH2-]c1cc2[nH]cc(C(=O)OCC)c(=O)c2cc1[CH2-].[Y]. The number of rotatable bonds is 2. The monoisotopic (exact) mass is 332 g/mol. The molecule has 0 unspecified atom stereocenters. The summed E-state index contributed by atoms with van der Waals surface area (Å²) in [4.78, 5) is 26.6. The number of fused-ring (bicyclic) bond motifs is 1. The molecule has 0 saturated heterocycles. The molecule has 5 heteroatoms. The van der Waals surface area contributed by atoms with Crippen molar-refractivity contribution in [3.05, 3.63) is 59.1 Å². The first-order chi connectivity index (χ1) is 8.54. The Bertz CT molecular complexity index is 676. The van der Waals surface area contributed by atoms with Gasteiger partial charge in [-0.15, -0.1) is 0 Å². The number of benzene rings is 1. The van der Waals surface area contributed by atoms with Crippen molar-refractivity contribution in [2.75, 3.05) is 6.61 Å². The first-order valence-corrected chi connectivity index (χ1v) is 5.55. The predicted molar refractivity (Wildman–Crippen MR) is 69.4 cm³/mol. The van der Waals surface area contributed by atoms with E-state index in [0.717, 1.165) is 5.56 Å². The van der Waals surface area contributed by atoms with Crippen LogP contribution in [0.5, 0.6) is 0 Å². The third-order valence-corrected chi connectivity index (χ3v) is 2.70. The maximum atomic E-state index is 12.1. The smallest absolute Gasteiger partial charge is 0.343 e. The van der Waals surface area contributed by atoms with Crippen LogP contribution in [-0.2, 0) is 37.4 Å². The molecule has 0 aliphatic rings. The molecule has 0 aliphatic heterocycles. The summed E-state index contributed by atoms with van der Waals surface area (Å²) < 4.78 is 4.82. The van der Waals surface area contributed by atoms with Crippen LogP contribution in [0.15, 0.2) is 23.1 Å². The van der Waals surface area contributed by atoms with E-state index in [1.165, 1.54) is 6.20 Å². The second-order valence-corrected chi connectivity index (χ2v) is 3.92. The van der Waals surface area contributed by atoms with Gasteiger partial charge in [0.2, 0.25) is 0 Å². The van der Waals surface area contributed by atoms with Crippen molar-refractivity contribution in [2.24, 2.45) is 0 Å². The molecular formula is C14H13NO3Y-2. The van der Waals surface area contributed by atoms with E-state index < -0.39 is 5.97 Å². The summed E-state index contributed by atoms with van der Waals surface area (Å²) in [5, 5.41) is 0.415. The Hall–Kier alpha value is -1.26. The number of hydrogen-bond donors (Lipinski definition) is 1. The fraction of sp³-hybridized carbons (Fsp3) is 0.143. The third-order valence-electron chi connectivity index (χ3n) is 2.70. The van der Waals surface area contributed by atoms with E-state index in [0.29, 0.717) is 16.5 Å². The minimum atomic E-state index is -0.620. The van der Waals surface area contributed by atoms with Crippen molar-refractivity contribution in [1.29, 1.82) is 0 Å². The van der Waals surface area contributed by atoms with Gasteiger partial charge in [-0.05, 0) is 17.8 Å². The molecule has 0 bridgehead atoms. The van der Waals surface area contributed by atoms with Gasteiger partial charge >= 0.3 is 5.97 Å². The van der Waals surface area contributed by atoms with Gasteiger partial charge in [0.25, 0.3) is 0 Å². The topological polar surface area (TPSA) is 59.2 Å². The van der Waals surface area contributed by atoms with Gasteiger partial charge in [-0.3, -0.25) is 29.8 Å². The van der Waals surface area contributed by atoms with Crippen LogP contribution < -0.4 is 5.43 Å². The summed E-state index contributed by atoms with van der Waals surface area (Å²) in [5.74, 6) is -0.620. The quantitative estimate of drug-likeness (QED) is 0.677. The number of H-pyrrole nitrogens is 1. The van der Waals surface area contributed by atoms with Gasteiger partial charge in [0.1, 0.15) is 5.56 Å². The van der Waals surface area contributed by atoms with Crippen molar-refractivity contribution in [3.8, 4) is 0 Å². The first kappa shape index (κ1) is 15.8. The van der Waals surface area contributed by atoms with E-state index in [2.05, 4.69) is 18.8 Å². The molecule has 19 heavy (non-hydrogen) atoms. The van der Waals surface area contributed by atoms with Crippen molar-refractivity contribution in [1.82, 2.24) is 4.98 Å². The van der Waals surface area contributed by atoms with Gasteiger partial charge in [0.15, 0.2) is 5.43 Å². The molecule has 1 heterocycles. The van der Waals surface area contributed by atoms with Gasteiger partial charge in [-0.2, -0.15) is 6.07 Å². The normalized spacial score (nSPS) is 9.95. The predicted octanol–water partition coefficient (Wildman–Crippen LogP) is 2.07. The Kier molecular flexibility index (Phi) is 5.21. The molecule has 2 aromatic rings. The summed E-state index contributed by atoms with van der Waals surface area (Å²) in [6.45, 7) is 9.52. The third kappa shape index (κ3) is 3.02. The van der Waals surface area contributed by atoms with E-state index >= 15 is 0 Å². The Morgan fingerprint density at radius 2 is 1.95 bits per heavy atom. The molecule has 97 valence electrons.